The highest BCUT2D eigenvalue weighted by Crippen LogP contribution is 2.25. The first-order valence-electron chi connectivity index (χ1n) is 7.19. The second kappa shape index (κ2) is 8.93. The number of methoxy groups -OCH3 is 1. The topological polar surface area (TPSA) is 48.3 Å². The van der Waals surface area contributed by atoms with Crippen molar-refractivity contribution in [3.63, 3.8) is 0 Å². The van der Waals surface area contributed by atoms with E-state index in [1.54, 1.807) is 13.3 Å². The van der Waals surface area contributed by atoms with Gasteiger partial charge in [-0.1, -0.05) is 13.8 Å². The lowest BCUT2D eigenvalue weighted by molar-refractivity contribution is 0.108. The molecule has 1 heterocycles. The van der Waals surface area contributed by atoms with Crippen LogP contribution in [0.15, 0.2) is 6.20 Å². The summed E-state index contributed by atoms with van der Waals surface area (Å²) in [6, 6.07) is 0.129. The molecule has 0 radical (unpaired) electrons. The van der Waals surface area contributed by atoms with Crippen molar-refractivity contribution in [3.05, 3.63) is 11.9 Å². The molecule has 0 aromatic carbocycles. The highest BCUT2D eigenvalue weighted by Gasteiger charge is 2.21. The Labute approximate surface area is 116 Å². The number of nitrogens with one attached hydrogen (secondary N) is 1. The summed E-state index contributed by atoms with van der Waals surface area (Å²) in [6.45, 7) is 9.58. The van der Waals surface area contributed by atoms with Crippen molar-refractivity contribution in [1.82, 2.24) is 15.1 Å². The van der Waals surface area contributed by atoms with Crippen molar-refractivity contribution >= 4 is 0 Å². The van der Waals surface area contributed by atoms with E-state index in [2.05, 4.69) is 31.2 Å². The smallest absolute Gasteiger partial charge is 0.161 e. The number of nitrogens with zero attached hydrogens (tertiary/aromatic N) is 2. The maximum atomic E-state index is 5.71. The first kappa shape index (κ1) is 16.0. The molecule has 5 nitrogen and oxygen atoms in total. The molecule has 0 amide bonds. The molecular formula is C14H27N3O2. The number of aromatic nitrogens is 2. The summed E-state index contributed by atoms with van der Waals surface area (Å²) in [7, 11) is 1.68. The molecule has 1 rings (SSSR count). The van der Waals surface area contributed by atoms with E-state index in [-0.39, 0.29) is 6.04 Å². The van der Waals surface area contributed by atoms with Gasteiger partial charge in [0.25, 0.3) is 0 Å². The number of rotatable bonds is 10. The van der Waals surface area contributed by atoms with Crippen LogP contribution in [0.4, 0.5) is 0 Å². The number of aryl methyl sites for hydroxylation is 1. The summed E-state index contributed by atoms with van der Waals surface area (Å²) in [4.78, 5) is 0. The van der Waals surface area contributed by atoms with Gasteiger partial charge in [0.1, 0.15) is 0 Å². The van der Waals surface area contributed by atoms with Gasteiger partial charge in [-0.2, -0.15) is 5.10 Å². The van der Waals surface area contributed by atoms with Gasteiger partial charge in [0.15, 0.2) is 5.75 Å². The van der Waals surface area contributed by atoms with Crippen molar-refractivity contribution in [2.75, 3.05) is 26.9 Å². The van der Waals surface area contributed by atoms with Gasteiger partial charge < -0.3 is 14.8 Å². The minimum atomic E-state index is 0.129. The van der Waals surface area contributed by atoms with Crippen LogP contribution >= 0.6 is 0 Å². The molecule has 1 aromatic rings. The van der Waals surface area contributed by atoms with Crippen molar-refractivity contribution in [3.8, 4) is 5.75 Å². The van der Waals surface area contributed by atoms with Crippen LogP contribution in [0.25, 0.3) is 0 Å². The van der Waals surface area contributed by atoms with Crippen molar-refractivity contribution < 1.29 is 9.47 Å². The molecule has 1 atom stereocenters. The van der Waals surface area contributed by atoms with E-state index >= 15 is 0 Å². The van der Waals surface area contributed by atoms with E-state index in [4.69, 9.17) is 9.47 Å². The lowest BCUT2D eigenvalue weighted by Crippen LogP contribution is -2.29. The largest absolute Gasteiger partial charge is 0.493 e. The average molecular weight is 269 g/mol. The SMILES string of the molecule is CCCNC(COCCC)c1c(OC)cnn1CC. The molecule has 110 valence electrons. The van der Waals surface area contributed by atoms with Gasteiger partial charge in [0.05, 0.1) is 31.6 Å². The molecule has 0 aliphatic rings. The molecule has 0 saturated heterocycles. The fourth-order valence-corrected chi connectivity index (χ4v) is 2.04. The zero-order valence-electron chi connectivity index (χ0n) is 12.6. The third-order valence-electron chi connectivity index (χ3n) is 2.97. The Bertz CT molecular complexity index is 331. The van der Waals surface area contributed by atoms with Gasteiger partial charge >= 0.3 is 0 Å². The summed E-state index contributed by atoms with van der Waals surface area (Å²) in [6.07, 6.45) is 3.90. The fourth-order valence-electron chi connectivity index (χ4n) is 2.04. The minimum Gasteiger partial charge on any atom is -0.493 e. The Morgan fingerprint density at radius 2 is 2.11 bits per heavy atom. The maximum Gasteiger partial charge on any atom is 0.161 e. The molecule has 0 aliphatic carbocycles. The summed E-state index contributed by atoms with van der Waals surface area (Å²) in [5.41, 5.74) is 1.08. The Morgan fingerprint density at radius 1 is 1.32 bits per heavy atom. The van der Waals surface area contributed by atoms with Gasteiger partial charge in [0.2, 0.25) is 0 Å². The molecule has 0 saturated carbocycles. The second-order valence-electron chi connectivity index (χ2n) is 4.50. The summed E-state index contributed by atoms with van der Waals surface area (Å²) in [5.74, 6) is 0.829. The molecule has 1 aromatic heterocycles. The van der Waals surface area contributed by atoms with Crippen LogP contribution in [-0.2, 0) is 11.3 Å². The third kappa shape index (κ3) is 4.51. The second-order valence-corrected chi connectivity index (χ2v) is 4.50. The van der Waals surface area contributed by atoms with Gasteiger partial charge in [-0.25, -0.2) is 0 Å². The standard InChI is InChI=1S/C14H27N3O2/c1-5-8-15-12(11-19-9-6-2)14-13(18-4)10-16-17(14)7-3/h10,12,15H,5-9,11H2,1-4H3. The van der Waals surface area contributed by atoms with E-state index < -0.39 is 0 Å². The lowest BCUT2D eigenvalue weighted by Gasteiger charge is -2.20. The van der Waals surface area contributed by atoms with Crippen molar-refractivity contribution in [2.24, 2.45) is 0 Å². The monoisotopic (exact) mass is 269 g/mol. The van der Waals surface area contributed by atoms with Crippen molar-refractivity contribution in [1.29, 1.82) is 0 Å². The van der Waals surface area contributed by atoms with Crippen molar-refractivity contribution in [2.45, 2.75) is 46.2 Å². The summed E-state index contributed by atoms with van der Waals surface area (Å²) < 4.78 is 13.1. The highest BCUT2D eigenvalue weighted by atomic mass is 16.5. The van der Waals surface area contributed by atoms with Gasteiger partial charge in [-0.15, -0.1) is 0 Å². The normalized spacial score (nSPS) is 12.6. The third-order valence-corrected chi connectivity index (χ3v) is 2.97. The van der Waals surface area contributed by atoms with Crippen LogP contribution in [0.3, 0.4) is 0 Å². The number of ether oxygens (including phenoxy) is 2. The Balaban J connectivity index is 2.84. The van der Waals surface area contributed by atoms with Crippen LogP contribution in [0.5, 0.6) is 5.75 Å². The lowest BCUT2D eigenvalue weighted by atomic mass is 10.2. The number of hydrogen-bond donors (Lipinski definition) is 1. The zero-order valence-corrected chi connectivity index (χ0v) is 12.6. The first-order chi connectivity index (χ1) is 9.28. The van der Waals surface area contributed by atoms with E-state index in [1.807, 2.05) is 4.68 Å². The van der Waals surface area contributed by atoms with E-state index in [0.29, 0.717) is 6.61 Å². The Kier molecular flexibility index (Phi) is 7.52. The van der Waals surface area contributed by atoms with Crippen LogP contribution < -0.4 is 10.1 Å². The molecular weight excluding hydrogens is 242 g/mol. The van der Waals surface area contributed by atoms with E-state index in [1.165, 1.54) is 0 Å². The van der Waals surface area contributed by atoms with Crippen LogP contribution in [0, 0.1) is 0 Å². The maximum absolute atomic E-state index is 5.71. The first-order valence-corrected chi connectivity index (χ1v) is 7.19. The molecule has 0 aliphatic heterocycles. The molecule has 1 unspecified atom stereocenters. The summed E-state index contributed by atoms with van der Waals surface area (Å²) >= 11 is 0. The van der Waals surface area contributed by atoms with Crippen LogP contribution in [0.2, 0.25) is 0 Å². The number of hydrogen-bond acceptors (Lipinski definition) is 4. The minimum absolute atomic E-state index is 0.129. The van der Waals surface area contributed by atoms with Crippen LogP contribution in [0.1, 0.15) is 45.3 Å². The molecule has 0 spiro atoms. The van der Waals surface area contributed by atoms with E-state index in [0.717, 1.165) is 44.0 Å². The molecule has 5 heteroatoms. The summed E-state index contributed by atoms with van der Waals surface area (Å²) in [5, 5.41) is 7.87. The molecule has 0 fully saturated rings. The van der Waals surface area contributed by atoms with Gasteiger partial charge in [-0.05, 0) is 26.3 Å². The van der Waals surface area contributed by atoms with Crippen LogP contribution in [-0.4, -0.2) is 36.6 Å². The zero-order chi connectivity index (χ0) is 14.1. The van der Waals surface area contributed by atoms with Gasteiger partial charge in [0, 0.05) is 13.2 Å². The molecule has 19 heavy (non-hydrogen) atoms. The highest BCUT2D eigenvalue weighted by molar-refractivity contribution is 5.28. The van der Waals surface area contributed by atoms with Gasteiger partial charge in [-0.3, -0.25) is 4.68 Å². The quantitative estimate of drug-likeness (QED) is 0.663. The molecule has 0 bridgehead atoms. The van der Waals surface area contributed by atoms with E-state index in [9.17, 15) is 0 Å². The fraction of sp³-hybridized carbons (Fsp3) is 0.786. The molecule has 1 N–H and O–H groups in total. The average Bonchev–Trinajstić information content (AvgIpc) is 2.85. The predicted molar refractivity (Wildman–Crippen MR) is 76.6 cm³/mol. The predicted octanol–water partition coefficient (Wildman–Crippen LogP) is 2.38. The Hall–Kier alpha value is -1.07. The Morgan fingerprint density at radius 3 is 2.68 bits per heavy atom.